The van der Waals surface area contributed by atoms with Gasteiger partial charge in [0.25, 0.3) is 0 Å². The fourth-order valence-electron chi connectivity index (χ4n) is 2.83. The average Bonchev–Trinajstić information content (AvgIpc) is 3.14. The zero-order valence-electron chi connectivity index (χ0n) is 14.5. The summed E-state index contributed by atoms with van der Waals surface area (Å²) < 4.78 is 11.5. The maximum atomic E-state index is 12.3. The summed E-state index contributed by atoms with van der Waals surface area (Å²) in [7, 11) is 0. The van der Waals surface area contributed by atoms with Crippen LogP contribution in [0.25, 0.3) is 0 Å². The van der Waals surface area contributed by atoms with E-state index >= 15 is 0 Å². The molecule has 1 aromatic carbocycles. The van der Waals surface area contributed by atoms with E-state index in [2.05, 4.69) is 10.3 Å². The lowest BCUT2D eigenvalue weighted by molar-refractivity contribution is -0.116. The van der Waals surface area contributed by atoms with Crippen molar-refractivity contribution in [3.63, 3.8) is 0 Å². The van der Waals surface area contributed by atoms with Crippen molar-refractivity contribution < 1.29 is 14.3 Å². The predicted molar refractivity (Wildman–Crippen MR) is 96.8 cm³/mol. The first-order valence-electron chi connectivity index (χ1n) is 8.74. The molecule has 1 amide bonds. The molecule has 2 heterocycles. The van der Waals surface area contributed by atoms with Crippen molar-refractivity contribution in [2.24, 2.45) is 0 Å². The SMILES string of the molecule is Cc1ccc(NC(=O)CCc2cccnc2)c(OCC2CCCO2)c1. The van der Waals surface area contributed by atoms with Crippen molar-refractivity contribution in [1.29, 1.82) is 0 Å². The van der Waals surface area contributed by atoms with Crippen molar-refractivity contribution in [1.82, 2.24) is 4.98 Å². The summed E-state index contributed by atoms with van der Waals surface area (Å²) in [6, 6.07) is 9.66. The van der Waals surface area contributed by atoms with Gasteiger partial charge < -0.3 is 14.8 Å². The minimum Gasteiger partial charge on any atom is -0.489 e. The first-order valence-corrected chi connectivity index (χ1v) is 8.74. The number of carbonyl (C=O) groups excluding carboxylic acids is 1. The zero-order chi connectivity index (χ0) is 17.5. The summed E-state index contributed by atoms with van der Waals surface area (Å²) in [6.45, 7) is 3.33. The van der Waals surface area contributed by atoms with Crippen molar-refractivity contribution >= 4 is 11.6 Å². The van der Waals surface area contributed by atoms with E-state index in [-0.39, 0.29) is 12.0 Å². The van der Waals surface area contributed by atoms with Crippen molar-refractivity contribution in [3.05, 3.63) is 53.9 Å². The quantitative estimate of drug-likeness (QED) is 0.838. The highest BCUT2D eigenvalue weighted by Crippen LogP contribution is 2.27. The molecule has 2 aromatic rings. The van der Waals surface area contributed by atoms with Crippen LogP contribution in [0.5, 0.6) is 5.75 Å². The van der Waals surface area contributed by atoms with Gasteiger partial charge in [0.05, 0.1) is 11.8 Å². The van der Waals surface area contributed by atoms with Gasteiger partial charge in [0, 0.05) is 25.4 Å². The Hall–Kier alpha value is -2.40. The summed E-state index contributed by atoms with van der Waals surface area (Å²) >= 11 is 0. The zero-order valence-corrected chi connectivity index (χ0v) is 14.5. The molecule has 5 heteroatoms. The molecule has 1 saturated heterocycles. The van der Waals surface area contributed by atoms with Gasteiger partial charge in [-0.3, -0.25) is 9.78 Å². The number of benzene rings is 1. The van der Waals surface area contributed by atoms with Crippen molar-refractivity contribution in [2.45, 2.75) is 38.7 Å². The Kier molecular flexibility index (Phi) is 6.01. The maximum Gasteiger partial charge on any atom is 0.224 e. The van der Waals surface area contributed by atoms with Gasteiger partial charge in [0.2, 0.25) is 5.91 Å². The maximum absolute atomic E-state index is 12.3. The number of anilines is 1. The van der Waals surface area contributed by atoms with Gasteiger partial charge in [-0.15, -0.1) is 0 Å². The molecule has 25 heavy (non-hydrogen) atoms. The Labute approximate surface area is 148 Å². The molecular weight excluding hydrogens is 316 g/mol. The molecule has 1 aliphatic rings. The molecule has 1 atom stereocenters. The number of aromatic nitrogens is 1. The van der Waals surface area contributed by atoms with Gasteiger partial charge in [0.15, 0.2) is 0 Å². The topological polar surface area (TPSA) is 60.5 Å². The van der Waals surface area contributed by atoms with E-state index in [4.69, 9.17) is 9.47 Å². The van der Waals surface area contributed by atoms with E-state index in [1.807, 2.05) is 37.3 Å². The first-order chi connectivity index (χ1) is 12.2. The van der Waals surface area contributed by atoms with Gasteiger partial charge >= 0.3 is 0 Å². The van der Waals surface area contributed by atoms with Crippen LogP contribution in [0.4, 0.5) is 5.69 Å². The lowest BCUT2D eigenvalue weighted by Gasteiger charge is -2.16. The van der Waals surface area contributed by atoms with Crippen LogP contribution in [0.1, 0.15) is 30.4 Å². The first kappa shape index (κ1) is 17.4. The van der Waals surface area contributed by atoms with Crippen LogP contribution in [0, 0.1) is 6.92 Å². The molecule has 1 fully saturated rings. The third-order valence-corrected chi connectivity index (χ3v) is 4.22. The third kappa shape index (κ3) is 5.29. The molecule has 0 spiro atoms. The van der Waals surface area contributed by atoms with Crippen LogP contribution in [0.3, 0.4) is 0 Å². The van der Waals surface area contributed by atoms with Crippen LogP contribution in [0.15, 0.2) is 42.7 Å². The Balaban J connectivity index is 1.57. The highest BCUT2D eigenvalue weighted by atomic mass is 16.5. The summed E-state index contributed by atoms with van der Waals surface area (Å²) in [4.78, 5) is 16.3. The van der Waals surface area contributed by atoms with E-state index in [1.54, 1.807) is 12.4 Å². The number of hydrogen-bond donors (Lipinski definition) is 1. The van der Waals surface area contributed by atoms with E-state index in [9.17, 15) is 4.79 Å². The van der Waals surface area contributed by atoms with Crippen LogP contribution in [-0.4, -0.2) is 30.2 Å². The fraction of sp³-hybridized carbons (Fsp3) is 0.400. The van der Waals surface area contributed by atoms with Crippen LogP contribution in [-0.2, 0) is 16.0 Å². The lowest BCUT2D eigenvalue weighted by atomic mass is 10.1. The Morgan fingerprint density at radius 3 is 3.08 bits per heavy atom. The molecule has 1 aromatic heterocycles. The van der Waals surface area contributed by atoms with E-state index in [0.29, 0.717) is 30.9 Å². The number of aryl methyl sites for hydroxylation is 2. The fourth-order valence-corrected chi connectivity index (χ4v) is 2.83. The number of nitrogens with one attached hydrogen (secondary N) is 1. The smallest absolute Gasteiger partial charge is 0.224 e. The van der Waals surface area contributed by atoms with Gasteiger partial charge in [-0.1, -0.05) is 12.1 Å². The molecule has 0 radical (unpaired) electrons. The molecule has 132 valence electrons. The van der Waals surface area contributed by atoms with Crippen LogP contribution < -0.4 is 10.1 Å². The van der Waals surface area contributed by atoms with Crippen molar-refractivity contribution in [2.75, 3.05) is 18.5 Å². The average molecular weight is 340 g/mol. The Morgan fingerprint density at radius 2 is 2.32 bits per heavy atom. The van der Waals surface area contributed by atoms with E-state index < -0.39 is 0 Å². The number of carbonyl (C=O) groups is 1. The molecule has 0 bridgehead atoms. The second kappa shape index (κ2) is 8.62. The monoisotopic (exact) mass is 340 g/mol. The van der Waals surface area contributed by atoms with E-state index in [1.165, 1.54) is 0 Å². The molecule has 0 saturated carbocycles. The third-order valence-electron chi connectivity index (χ3n) is 4.22. The summed E-state index contributed by atoms with van der Waals surface area (Å²) in [5.74, 6) is 0.667. The summed E-state index contributed by atoms with van der Waals surface area (Å²) in [6.07, 6.45) is 6.85. The number of ether oxygens (including phenoxy) is 2. The number of amides is 1. The van der Waals surface area contributed by atoms with Crippen LogP contribution >= 0.6 is 0 Å². The molecule has 1 N–H and O–H groups in total. The van der Waals surface area contributed by atoms with Gasteiger partial charge in [-0.05, 0) is 55.5 Å². The normalized spacial score (nSPS) is 16.6. The summed E-state index contributed by atoms with van der Waals surface area (Å²) in [5, 5.41) is 2.96. The second-order valence-corrected chi connectivity index (χ2v) is 6.36. The number of hydrogen-bond acceptors (Lipinski definition) is 4. The van der Waals surface area contributed by atoms with Gasteiger partial charge in [-0.25, -0.2) is 0 Å². The highest BCUT2D eigenvalue weighted by Gasteiger charge is 2.17. The van der Waals surface area contributed by atoms with Crippen molar-refractivity contribution in [3.8, 4) is 5.75 Å². The Bertz CT molecular complexity index is 697. The molecule has 5 nitrogen and oxygen atoms in total. The van der Waals surface area contributed by atoms with E-state index in [0.717, 1.165) is 30.6 Å². The molecule has 0 aliphatic carbocycles. The largest absolute Gasteiger partial charge is 0.489 e. The standard InChI is InChI=1S/C20H24N2O3/c1-15-6-8-18(19(12-15)25-14-17-5-3-11-24-17)22-20(23)9-7-16-4-2-10-21-13-16/h2,4,6,8,10,12-13,17H,3,5,7,9,11,14H2,1H3,(H,22,23). The minimum absolute atomic E-state index is 0.0327. The molecular formula is C20H24N2O3. The number of rotatable bonds is 7. The minimum atomic E-state index is -0.0327. The molecule has 1 unspecified atom stereocenters. The van der Waals surface area contributed by atoms with Crippen LogP contribution in [0.2, 0.25) is 0 Å². The predicted octanol–water partition coefficient (Wildman–Crippen LogP) is 3.52. The lowest BCUT2D eigenvalue weighted by Crippen LogP contribution is -2.18. The molecule has 3 rings (SSSR count). The van der Waals surface area contributed by atoms with Gasteiger partial charge in [0.1, 0.15) is 12.4 Å². The van der Waals surface area contributed by atoms with Gasteiger partial charge in [-0.2, -0.15) is 0 Å². The Morgan fingerprint density at radius 1 is 1.40 bits per heavy atom. The summed E-state index contributed by atoms with van der Waals surface area (Å²) in [5.41, 5.74) is 2.85. The highest BCUT2D eigenvalue weighted by molar-refractivity contribution is 5.92. The second-order valence-electron chi connectivity index (χ2n) is 6.36. The molecule has 1 aliphatic heterocycles. The number of nitrogens with zero attached hydrogens (tertiary/aromatic N) is 1. The number of pyridine rings is 1.